The van der Waals surface area contributed by atoms with E-state index in [1.165, 1.54) is 11.3 Å². The second-order valence-corrected chi connectivity index (χ2v) is 9.06. The number of aryl methyl sites for hydroxylation is 2. The highest BCUT2D eigenvalue weighted by molar-refractivity contribution is 7.89. The molecule has 134 valence electrons. The molecule has 1 fully saturated rings. The van der Waals surface area contributed by atoms with E-state index in [4.69, 9.17) is 0 Å². The van der Waals surface area contributed by atoms with Crippen molar-refractivity contribution in [2.75, 3.05) is 13.1 Å². The Morgan fingerprint density at radius 2 is 1.76 bits per heavy atom. The van der Waals surface area contributed by atoms with Gasteiger partial charge >= 0.3 is 0 Å². The lowest BCUT2D eigenvalue weighted by molar-refractivity contribution is 0.0715. The summed E-state index contributed by atoms with van der Waals surface area (Å²) in [7, 11) is -3.52. The Morgan fingerprint density at radius 3 is 2.32 bits per heavy atom. The molecule has 3 rings (SSSR count). The molecule has 1 amide bonds. The zero-order chi connectivity index (χ0) is 18.0. The van der Waals surface area contributed by atoms with Crippen LogP contribution in [-0.4, -0.2) is 38.4 Å². The number of likely N-dealkylation sites (tertiary alicyclic amines) is 1. The van der Waals surface area contributed by atoms with Crippen LogP contribution in [0.15, 0.2) is 40.6 Å². The van der Waals surface area contributed by atoms with E-state index in [0.717, 1.165) is 16.0 Å². The van der Waals surface area contributed by atoms with Gasteiger partial charge in [-0.2, -0.15) is 0 Å². The lowest BCUT2D eigenvalue weighted by atomic mass is 10.1. The maximum atomic E-state index is 12.5. The molecule has 0 atom stereocenters. The van der Waals surface area contributed by atoms with E-state index < -0.39 is 10.0 Å². The number of sulfonamides is 1. The standard InChI is InChI=1S/C18H22N2O3S2/c1-13-3-5-16(6-4-13)25(22,23)19-15-7-10-20(11-8-15)18(21)17-14(2)9-12-24-17/h3-6,9,12,15,19H,7-8,10-11H2,1-2H3. The van der Waals surface area contributed by atoms with Crippen molar-refractivity contribution in [1.82, 2.24) is 9.62 Å². The molecule has 1 aliphatic heterocycles. The van der Waals surface area contributed by atoms with Crippen LogP contribution in [0.3, 0.4) is 0 Å². The third-order valence-corrected chi connectivity index (χ3v) is 7.03. The third-order valence-electron chi connectivity index (χ3n) is 4.49. The van der Waals surface area contributed by atoms with Crippen LogP contribution in [-0.2, 0) is 10.0 Å². The van der Waals surface area contributed by atoms with Gasteiger partial charge in [0.05, 0.1) is 9.77 Å². The summed E-state index contributed by atoms with van der Waals surface area (Å²) < 4.78 is 27.7. The molecule has 0 radical (unpaired) electrons. The first kappa shape index (κ1) is 18.1. The van der Waals surface area contributed by atoms with E-state index in [1.54, 1.807) is 24.3 Å². The molecule has 2 aromatic rings. The molecule has 5 nitrogen and oxygen atoms in total. The van der Waals surface area contributed by atoms with E-state index in [0.29, 0.717) is 25.9 Å². The summed E-state index contributed by atoms with van der Waals surface area (Å²) in [6, 6.07) is 8.63. The SMILES string of the molecule is Cc1ccc(S(=O)(=O)NC2CCN(C(=O)c3sccc3C)CC2)cc1. The number of nitrogens with one attached hydrogen (secondary N) is 1. The first-order chi connectivity index (χ1) is 11.9. The molecule has 1 aromatic carbocycles. The number of benzene rings is 1. The fourth-order valence-corrected chi connectivity index (χ4v) is 5.14. The number of rotatable bonds is 4. The molecule has 0 bridgehead atoms. The Labute approximate surface area is 152 Å². The fraction of sp³-hybridized carbons (Fsp3) is 0.389. The van der Waals surface area contributed by atoms with Crippen molar-refractivity contribution in [3.8, 4) is 0 Å². The largest absolute Gasteiger partial charge is 0.338 e. The highest BCUT2D eigenvalue weighted by Gasteiger charge is 2.28. The summed E-state index contributed by atoms with van der Waals surface area (Å²) in [5, 5.41) is 1.92. The predicted molar refractivity (Wildman–Crippen MR) is 99.5 cm³/mol. The topological polar surface area (TPSA) is 66.5 Å². The summed E-state index contributed by atoms with van der Waals surface area (Å²) in [5.74, 6) is 0.0485. The lowest BCUT2D eigenvalue weighted by Crippen LogP contribution is -2.46. The Hall–Kier alpha value is -1.70. The van der Waals surface area contributed by atoms with Crippen LogP contribution in [0.25, 0.3) is 0 Å². The van der Waals surface area contributed by atoms with Crippen molar-refractivity contribution in [2.45, 2.75) is 37.6 Å². The van der Waals surface area contributed by atoms with Gasteiger partial charge in [0.15, 0.2) is 0 Å². The minimum Gasteiger partial charge on any atom is -0.338 e. The number of hydrogen-bond donors (Lipinski definition) is 1. The molecule has 1 N–H and O–H groups in total. The first-order valence-corrected chi connectivity index (χ1v) is 10.7. The molecule has 25 heavy (non-hydrogen) atoms. The highest BCUT2D eigenvalue weighted by atomic mass is 32.2. The van der Waals surface area contributed by atoms with Gasteiger partial charge in [-0.25, -0.2) is 13.1 Å². The normalized spacial score (nSPS) is 16.2. The van der Waals surface area contributed by atoms with Crippen LogP contribution >= 0.6 is 11.3 Å². The van der Waals surface area contributed by atoms with Crippen LogP contribution < -0.4 is 4.72 Å². The molecule has 1 aliphatic rings. The quantitative estimate of drug-likeness (QED) is 0.889. The summed E-state index contributed by atoms with van der Waals surface area (Å²) in [5.41, 5.74) is 2.02. The zero-order valence-corrected chi connectivity index (χ0v) is 16.0. The van der Waals surface area contributed by atoms with Gasteiger partial charge in [-0.05, 0) is 55.8 Å². The molecule has 2 heterocycles. The van der Waals surface area contributed by atoms with Crippen LogP contribution in [0.2, 0.25) is 0 Å². The monoisotopic (exact) mass is 378 g/mol. The molecule has 0 aliphatic carbocycles. The van der Waals surface area contributed by atoms with E-state index in [1.807, 2.05) is 30.2 Å². The van der Waals surface area contributed by atoms with Crippen LogP contribution in [0.4, 0.5) is 0 Å². The summed E-state index contributed by atoms with van der Waals surface area (Å²) in [6.45, 7) is 4.99. The molecule has 0 saturated carbocycles. The maximum absolute atomic E-state index is 12.5. The van der Waals surface area contributed by atoms with Gasteiger partial charge in [-0.1, -0.05) is 17.7 Å². The number of carbonyl (C=O) groups is 1. The third kappa shape index (κ3) is 4.11. The van der Waals surface area contributed by atoms with Gasteiger partial charge in [-0.15, -0.1) is 11.3 Å². The maximum Gasteiger partial charge on any atom is 0.264 e. The molecule has 1 aromatic heterocycles. The Balaban J connectivity index is 1.60. The second kappa shape index (κ2) is 7.27. The number of carbonyl (C=O) groups excluding carboxylic acids is 1. The predicted octanol–water partition coefficient (Wildman–Crippen LogP) is 2.95. The Morgan fingerprint density at radius 1 is 1.12 bits per heavy atom. The minimum absolute atomic E-state index is 0.0485. The van der Waals surface area contributed by atoms with Crippen molar-refractivity contribution in [1.29, 1.82) is 0 Å². The van der Waals surface area contributed by atoms with Crippen LogP contribution in [0.1, 0.15) is 33.6 Å². The summed E-state index contributed by atoms with van der Waals surface area (Å²) >= 11 is 1.46. The van der Waals surface area contributed by atoms with Gasteiger partial charge in [0.25, 0.3) is 5.91 Å². The fourth-order valence-electron chi connectivity index (χ4n) is 2.94. The van der Waals surface area contributed by atoms with E-state index in [2.05, 4.69) is 4.72 Å². The average molecular weight is 379 g/mol. The molecule has 1 saturated heterocycles. The van der Waals surface area contributed by atoms with Gasteiger partial charge in [-0.3, -0.25) is 4.79 Å². The first-order valence-electron chi connectivity index (χ1n) is 8.29. The van der Waals surface area contributed by atoms with Gasteiger partial charge in [0.1, 0.15) is 0 Å². The number of piperidine rings is 1. The second-order valence-electron chi connectivity index (χ2n) is 6.43. The van der Waals surface area contributed by atoms with E-state index >= 15 is 0 Å². The molecule has 0 unspecified atom stereocenters. The van der Waals surface area contributed by atoms with Crippen LogP contribution in [0, 0.1) is 13.8 Å². The summed E-state index contributed by atoms with van der Waals surface area (Å²) in [6.07, 6.45) is 1.25. The minimum atomic E-state index is -3.52. The van der Waals surface area contributed by atoms with Crippen molar-refractivity contribution in [3.63, 3.8) is 0 Å². The summed E-state index contributed by atoms with van der Waals surface area (Å²) in [4.78, 5) is 15.4. The molecular formula is C18H22N2O3S2. The van der Waals surface area contributed by atoms with E-state index in [-0.39, 0.29) is 16.8 Å². The number of thiophene rings is 1. The zero-order valence-electron chi connectivity index (χ0n) is 14.4. The Bertz CT molecular complexity index is 849. The smallest absolute Gasteiger partial charge is 0.264 e. The Kier molecular flexibility index (Phi) is 5.27. The molecular weight excluding hydrogens is 356 g/mol. The molecule has 7 heteroatoms. The van der Waals surface area contributed by atoms with E-state index in [9.17, 15) is 13.2 Å². The number of nitrogens with zero attached hydrogens (tertiary/aromatic N) is 1. The van der Waals surface area contributed by atoms with Gasteiger partial charge in [0.2, 0.25) is 10.0 Å². The van der Waals surface area contributed by atoms with Gasteiger partial charge in [0, 0.05) is 19.1 Å². The van der Waals surface area contributed by atoms with Crippen LogP contribution in [0.5, 0.6) is 0 Å². The van der Waals surface area contributed by atoms with Crippen molar-refractivity contribution in [3.05, 3.63) is 51.7 Å². The van der Waals surface area contributed by atoms with Crippen molar-refractivity contribution >= 4 is 27.3 Å². The average Bonchev–Trinajstić information content (AvgIpc) is 3.01. The van der Waals surface area contributed by atoms with Gasteiger partial charge < -0.3 is 4.90 Å². The van der Waals surface area contributed by atoms with Crippen molar-refractivity contribution < 1.29 is 13.2 Å². The number of hydrogen-bond acceptors (Lipinski definition) is 4. The highest BCUT2D eigenvalue weighted by Crippen LogP contribution is 2.21. The van der Waals surface area contributed by atoms with Crippen molar-refractivity contribution in [2.24, 2.45) is 0 Å². The number of amides is 1. The molecule has 0 spiro atoms. The lowest BCUT2D eigenvalue weighted by Gasteiger charge is -2.32.